The van der Waals surface area contributed by atoms with Crippen molar-refractivity contribution in [3.63, 3.8) is 0 Å². The number of likely N-dealkylation sites (tertiary alicyclic amines) is 1. The maximum absolute atomic E-state index is 6.18. The third-order valence-corrected chi connectivity index (χ3v) is 4.07. The summed E-state index contributed by atoms with van der Waals surface area (Å²) in [4.78, 5) is 2.55. The maximum atomic E-state index is 6.18. The summed E-state index contributed by atoms with van der Waals surface area (Å²) in [6.07, 6.45) is 3.95. The van der Waals surface area contributed by atoms with Gasteiger partial charge in [-0.3, -0.25) is 4.68 Å². The van der Waals surface area contributed by atoms with Crippen LogP contribution in [0.25, 0.3) is 0 Å². The quantitative estimate of drug-likeness (QED) is 0.803. The van der Waals surface area contributed by atoms with Gasteiger partial charge in [0.2, 0.25) is 0 Å². The van der Waals surface area contributed by atoms with E-state index in [4.69, 9.17) is 11.6 Å². The molecule has 2 rings (SSSR count). The zero-order chi connectivity index (χ0) is 13.0. The molecule has 18 heavy (non-hydrogen) atoms. The Balaban J connectivity index is 1.65. The highest BCUT2D eigenvalue weighted by molar-refractivity contribution is 6.30. The summed E-state index contributed by atoms with van der Waals surface area (Å²) in [5.41, 5.74) is 2.15. The number of hydrogen-bond acceptors (Lipinski definition) is 3. The van der Waals surface area contributed by atoms with Gasteiger partial charge in [0.05, 0.1) is 5.69 Å². The predicted molar refractivity (Wildman–Crippen MR) is 75.0 cm³/mol. The smallest absolute Gasteiger partial charge is 0.131 e. The van der Waals surface area contributed by atoms with Crippen molar-refractivity contribution in [2.24, 2.45) is 7.05 Å². The van der Waals surface area contributed by atoms with E-state index in [1.807, 2.05) is 14.0 Å². The molecule has 1 aromatic rings. The third kappa shape index (κ3) is 3.46. The van der Waals surface area contributed by atoms with E-state index in [0.717, 1.165) is 29.5 Å². The number of nitrogens with zero attached hydrogens (tertiary/aromatic N) is 3. The lowest BCUT2D eigenvalue weighted by molar-refractivity contribution is 0.331. The van der Waals surface area contributed by atoms with Crippen LogP contribution in [0, 0.1) is 6.92 Å². The van der Waals surface area contributed by atoms with Crippen molar-refractivity contribution in [2.45, 2.75) is 32.7 Å². The Morgan fingerprint density at radius 2 is 2.06 bits per heavy atom. The summed E-state index contributed by atoms with van der Waals surface area (Å²) < 4.78 is 1.73. The lowest BCUT2D eigenvalue weighted by atomic mass is 10.2. The summed E-state index contributed by atoms with van der Waals surface area (Å²) >= 11 is 6.18. The molecule has 0 bridgehead atoms. The standard InChI is InChI=1S/C13H23ClN4/c1-11-12(13(14)17(2)16-11)10-15-6-5-9-18-7-3-4-8-18/h15H,3-10H2,1-2H3. The van der Waals surface area contributed by atoms with Crippen LogP contribution >= 0.6 is 11.6 Å². The first kappa shape index (κ1) is 13.8. The van der Waals surface area contributed by atoms with E-state index in [1.54, 1.807) is 4.68 Å². The highest BCUT2D eigenvalue weighted by Crippen LogP contribution is 2.17. The van der Waals surface area contributed by atoms with E-state index < -0.39 is 0 Å². The van der Waals surface area contributed by atoms with E-state index in [2.05, 4.69) is 15.3 Å². The molecule has 0 spiro atoms. The Morgan fingerprint density at radius 1 is 1.33 bits per heavy atom. The second kappa shape index (κ2) is 6.55. The topological polar surface area (TPSA) is 33.1 Å². The van der Waals surface area contributed by atoms with E-state index in [0.29, 0.717) is 0 Å². The molecule has 1 aromatic heterocycles. The summed E-state index contributed by atoms with van der Waals surface area (Å²) in [5, 5.41) is 8.51. The molecule has 0 radical (unpaired) electrons. The van der Waals surface area contributed by atoms with Crippen molar-refractivity contribution in [3.8, 4) is 0 Å². The Labute approximate surface area is 114 Å². The molecule has 0 saturated carbocycles. The summed E-state index contributed by atoms with van der Waals surface area (Å²) in [6.45, 7) is 7.65. The van der Waals surface area contributed by atoms with Crippen LogP contribution in [0.5, 0.6) is 0 Å². The van der Waals surface area contributed by atoms with Gasteiger partial charge in [-0.05, 0) is 52.4 Å². The summed E-state index contributed by atoms with van der Waals surface area (Å²) in [6, 6.07) is 0. The molecule has 0 unspecified atom stereocenters. The minimum atomic E-state index is 0.750. The van der Waals surface area contributed by atoms with Crippen molar-refractivity contribution < 1.29 is 0 Å². The van der Waals surface area contributed by atoms with Gasteiger partial charge in [-0.15, -0.1) is 0 Å². The Kier molecular flexibility index (Phi) is 5.03. The molecule has 1 fully saturated rings. The molecular weight excluding hydrogens is 248 g/mol. The van der Waals surface area contributed by atoms with Gasteiger partial charge in [0.1, 0.15) is 5.15 Å². The van der Waals surface area contributed by atoms with Gasteiger partial charge >= 0.3 is 0 Å². The average molecular weight is 271 g/mol. The molecule has 102 valence electrons. The van der Waals surface area contributed by atoms with Gasteiger partial charge in [-0.25, -0.2) is 0 Å². The predicted octanol–water partition coefficient (Wildman–Crippen LogP) is 1.96. The van der Waals surface area contributed by atoms with Crippen LogP contribution in [-0.2, 0) is 13.6 Å². The zero-order valence-electron chi connectivity index (χ0n) is 11.4. The first-order chi connectivity index (χ1) is 8.68. The van der Waals surface area contributed by atoms with Gasteiger partial charge in [-0.1, -0.05) is 11.6 Å². The molecule has 0 aromatic carbocycles. The lowest BCUT2D eigenvalue weighted by Crippen LogP contribution is -2.24. The van der Waals surface area contributed by atoms with Crippen LogP contribution in [0.4, 0.5) is 0 Å². The molecule has 1 N–H and O–H groups in total. The number of nitrogens with one attached hydrogen (secondary N) is 1. The van der Waals surface area contributed by atoms with Gasteiger partial charge in [-0.2, -0.15) is 5.10 Å². The number of aryl methyl sites for hydroxylation is 2. The average Bonchev–Trinajstić information content (AvgIpc) is 2.92. The molecule has 0 aliphatic carbocycles. The van der Waals surface area contributed by atoms with Gasteiger partial charge in [0.15, 0.2) is 0 Å². The molecule has 1 saturated heterocycles. The van der Waals surface area contributed by atoms with E-state index in [1.165, 1.54) is 38.9 Å². The SMILES string of the molecule is Cc1nn(C)c(Cl)c1CNCCCN1CCCC1. The lowest BCUT2D eigenvalue weighted by Gasteiger charge is -2.14. The number of hydrogen-bond donors (Lipinski definition) is 1. The van der Waals surface area contributed by atoms with E-state index in [9.17, 15) is 0 Å². The van der Waals surface area contributed by atoms with Crippen molar-refractivity contribution in [3.05, 3.63) is 16.4 Å². The second-order valence-corrected chi connectivity index (χ2v) is 5.42. The number of halogens is 1. The fraction of sp³-hybridized carbons (Fsp3) is 0.769. The molecule has 4 nitrogen and oxygen atoms in total. The van der Waals surface area contributed by atoms with Gasteiger partial charge < -0.3 is 10.2 Å². The molecule has 1 aliphatic heterocycles. The van der Waals surface area contributed by atoms with Crippen molar-refractivity contribution in [1.29, 1.82) is 0 Å². The van der Waals surface area contributed by atoms with Crippen LogP contribution in [0.2, 0.25) is 5.15 Å². The first-order valence-electron chi connectivity index (χ1n) is 6.79. The molecule has 5 heteroatoms. The fourth-order valence-electron chi connectivity index (χ4n) is 2.52. The van der Waals surface area contributed by atoms with Crippen molar-refractivity contribution in [1.82, 2.24) is 20.0 Å². The Bertz CT molecular complexity index is 383. The molecule has 2 heterocycles. The zero-order valence-corrected chi connectivity index (χ0v) is 12.1. The highest BCUT2D eigenvalue weighted by atomic mass is 35.5. The molecule has 0 amide bonds. The second-order valence-electron chi connectivity index (χ2n) is 5.06. The first-order valence-corrected chi connectivity index (χ1v) is 7.17. The van der Waals surface area contributed by atoms with E-state index >= 15 is 0 Å². The van der Waals surface area contributed by atoms with Crippen LogP contribution in [0.3, 0.4) is 0 Å². The fourth-order valence-corrected chi connectivity index (χ4v) is 2.76. The van der Waals surface area contributed by atoms with Gasteiger partial charge in [0, 0.05) is 19.2 Å². The monoisotopic (exact) mass is 270 g/mol. The Morgan fingerprint density at radius 3 is 2.67 bits per heavy atom. The van der Waals surface area contributed by atoms with Crippen molar-refractivity contribution in [2.75, 3.05) is 26.2 Å². The number of aromatic nitrogens is 2. The summed E-state index contributed by atoms with van der Waals surface area (Å²) in [5.74, 6) is 0. The Hall–Kier alpha value is -0.580. The van der Waals surface area contributed by atoms with Crippen LogP contribution < -0.4 is 5.32 Å². The normalized spacial score (nSPS) is 16.6. The molecule has 1 aliphatic rings. The summed E-state index contributed by atoms with van der Waals surface area (Å²) in [7, 11) is 1.88. The highest BCUT2D eigenvalue weighted by Gasteiger charge is 2.11. The number of rotatable bonds is 6. The largest absolute Gasteiger partial charge is 0.312 e. The van der Waals surface area contributed by atoms with Crippen LogP contribution in [-0.4, -0.2) is 40.9 Å². The van der Waals surface area contributed by atoms with Crippen molar-refractivity contribution >= 4 is 11.6 Å². The van der Waals surface area contributed by atoms with E-state index in [-0.39, 0.29) is 0 Å². The molecule has 0 atom stereocenters. The molecular formula is C13H23ClN4. The maximum Gasteiger partial charge on any atom is 0.131 e. The third-order valence-electron chi connectivity index (χ3n) is 3.60. The van der Waals surface area contributed by atoms with Gasteiger partial charge in [0.25, 0.3) is 0 Å². The minimum absolute atomic E-state index is 0.750. The van der Waals surface area contributed by atoms with Crippen LogP contribution in [0.15, 0.2) is 0 Å². The minimum Gasteiger partial charge on any atom is -0.312 e. The van der Waals surface area contributed by atoms with Crippen LogP contribution in [0.1, 0.15) is 30.5 Å².